The summed E-state index contributed by atoms with van der Waals surface area (Å²) in [5.41, 5.74) is 0.756. The Morgan fingerprint density at radius 2 is 2.25 bits per heavy atom. The van der Waals surface area contributed by atoms with Crippen molar-refractivity contribution in [1.82, 2.24) is 9.97 Å². The number of rotatable bonds is 3. The molecule has 2 atom stereocenters. The van der Waals surface area contributed by atoms with Crippen LogP contribution in [0.2, 0.25) is 0 Å². The third-order valence-electron chi connectivity index (χ3n) is 2.66. The molecule has 0 saturated heterocycles. The van der Waals surface area contributed by atoms with Crippen LogP contribution in [-0.2, 0) is 4.74 Å². The van der Waals surface area contributed by atoms with Gasteiger partial charge >= 0.3 is 5.97 Å². The van der Waals surface area contributed by atoms with Gasteiger partial charge in [0.2, 0.25) is 5.82 Å². The van der Waals surface area contributed by atoms with E-state index in [9.17, 15) is 4.79 Å². The largest absolute Gasteiger partial charge is 0.463 e. The number of nitrogens with one attached hydrogen (secondary N) is 1. The first kappa shape index (κ1) is 10.9. The highest BCUT2D eigenvalue weighted by atomic mass is 16.5. The zero-order valence-corrected chi connectivity index (χ0v) is 9.65. The molecule has 1 saturated carbocycles. The van der Waals surface area contributed by atoms with Gasteiger partial charge in [0, 0.05) is 17.8 Å². The molecule has 2 unspecified atom stereocenters. The number of ether oxygens (including phenoxy) is 1. The van der Waals surface area contributed by atoms with Crippen molar-refractivity contribution in [3.63, 3.8) is 0 Å². The first-order chi connectivity index (χ1) is 7.60. The molecule has 1 aliphatic rings. The third-order valence-corrected chi connectivity index (χ3v) is 2.66. The molecule has 0 amide bonds. The van der Waals surface area contributed by atoms with Gasteiger partial charge in [0.1, 0.15) is 5.82 Å². The molecule has 16 heavy (non-hydrogen) atoms. The van der Waals surface area contributed by atoms with Crippen LogP contribution in [0.3, 0.4) is 0 Å². The van der Waals surface area contributed by atoms with Gasteiger partial charge in [0.25, 0.3) is 0 Å². The Labute approximate surface area is 94.2 Å². The second kappa shape index (κ2) is 4.08. The lowest BCUT2D eigenvalue weighted by atomic mass is 10.4. The molecular formula is C11H15N3O2. The molecule has 0 bridgehead atoms. The molecule has 1 heterocycles. The van der Waals surface area contributed by atoms with Crippen molar-refractivity contribution in [2.75, 3.05) is 12.4 Å². The standard InChI is InChI=1S/C11H15N3O2/c1-6-4-8(6)13-9-5-7(2)12-10(14-9)11(15)16-3/h5-6,8H,4H2,1-3H3,(H,12,13,14). The number of carbonyl (C=O) groups excluding carboxylic acids is 1. The summed E-state index contributed by atoms with van der Waals surface area (Å²) in [6, 6.07) is 2.30. The van der Waals surface area contributed by atoms with E-state index in [1.165, 1.54) is 7.11 Å². The molecule has 5 heteroatoms. The van der Waals surface area contributed by atoms with Gasteiger partial charge in [0.15, 0.2) is 0 Å². The van der Waals surface area contributed by atoms with Gasteiger partial charge in [-0.2, -0.15) is 0 Å². The maximum atomic E-state index is 11.3. The Hall–Kier alpha value is -1.65. The first-order valence-corrected chi connectivity index (χ1v) is 5.30. The van der Waals surface area contributed by atoms with Crippen molar-refractivity contribution in [1.29, 1.82) is 0 Å². The highest BCUT2D eigenvalue weighted by Crippen LogP contribution is 2.32. The number of carbonyl (C=O) groups is 1. The first-order valence-electron chi connectivity index (χ1n) is 5.30. The second-order valence-electron chi connectivity index (χ2n) is 4.17. The number of esters is 1. The minimum absolute atomic E-state index is 0.110. The monoisotopic (exact) mass is 221 g/mol. The lowest BCUT2D eigenvalue weighted by Crippen LogP contribution is -2.12. The molecular weight excluding hydrogens is 206 g/mol. The molecule has 2 rings (SSSR count). The van der Waals surface area contributed by atoms with Crippen molar-refractivity contribution in [2.45, 2.75) is 26.3 Å². The Balaban J connectivity index is 2.18. The Morgan fingerprint density at radius 1 is 1.56 bits per heavy atom. The number of nitrogens with zero attached hydrogens (tertiary/aromatic N) is 2. The molecule has 1 aromatic heterocycles. The third kappa shape index (κ3) is 2.29. The molecule has 5 nitrogen and oxygen atoms in total. The molecule has 0 radical (unpaired) electrons. The van der Waals surface area contributed by atoms with Gasteiger partial charge < -0.3 is 10.1 Å². The number of aromatic nitrogens is 2. The van der Waals surface area contributed by atoms with Crippen LogP contribution in [0.15, 0.2) is 6.07 Å². The summed E-state index contributed by atoms with van der Waals surface area (Å²) in [7, 11) is 1.32. The van der Waals surface area contributed by atoms with Crippen molar-refractivity contribution < 1.29 is 9.53 Å². The van der Waals surface area contributed by atoms with E-state index in [0.29, 0.717) is 17.8 Å². The van der Waals surface area contributed by atoms with Crippen LogP contribution in [-0.4, -0.2) is 29.1 Å². The van der Waals surface area contributed by atoms with Crippen molar-refractivity contribution in [3.8, 4) is 0 Å². The van der Waals surface area contributed by atoms with E-state index >= 15 is 0 Å². The number of hydrogen-bond acceptors (Lipinski definition) is 5. The van der Waals surface area contributed by atoms with Gasteiger partial charge in [0.05, 0.1) is 7.11 Å². The normalized spacial score (nSPS) is 22.7. The van der Waals surface area contributed by atoms with Crippen LogP contribution in [0.1, 0.15) is 29.7 Å². The summed E-state index contributed by atoms with van der Waals surface area (Å²) < 4.78 is 4.60. The molecule has 86 valence electrons. The van der Waals surface area contributed by atoms with Crippen molar-refractivity contribution >= 4 is 11.8 Å². The second-order valence-corrected chi connectivity index (χ2v) is 4.17. The predicted octanol–water partition coefficient (Wildman–Crippen LogP) is 1.39. The molecule has 1 N–H and O–H groups in total. The van der Waals surface area contributed by atoms with Crippen molar-refractivity contribution in [2.24, 2.45) is 5.92 Å². The zero-order chi connectivity index (χ0) is 11.7. The van der Waals surface area contributed by atoms with Gasteiger partial charge in [-0.25, -0.2) is 14.8 Å². The van der Waals surface area contributed by atoms with E-state index in [-0.39, 0.29) is 5.82 Å². The Bertz CT molecular complexity index is 420. The lowest BCUT2D eigenvalue weighted by molar-refractivity contribution is 0.0586. The van der Waals surface area contributed by atoms with Crippen molar-refractivity contribution in [3.05, 3.63) is 17.6 Å². The van der Waals surface area contributed by atoms with E-state index in [4.69, 9.17) is 0 Å². The minimum Gasteiger partial charge on any atom is -0.463 e. The number of methoxy groups -OCH3 is 1. The number of anilines is 1. The Morgan fingerprint density at radius 3 is 2.81 bits per heavy atom. The molecule has 0 aromatic carbocycles. The Kier molecular flexibility index (Phi) is 2.77. The average Bonchev–Trinajstić information content (AvgIpc) is 2.92. The fraction of sp³-hybridized carbons (Fsp3) is 0.545. The van der Waals surface area contributed by atoms with Crippen LogP contribution in [0.25, 0.3) is 0 Å². The summed E-state index contributed by atoms with van der Waals surface area (Å²) in [4.78, 5) is 19.5. The number of aryl methyl sites for hydroxylation is 1. The summed E-state index contributed by atoms with van der Waals surface area (Å²) in [6.45, 7) is 4.00. The average molecular weight is 221 g/mol. The van der Waals surface area contributed by atoms with Crippen LogP contribution in [0.5, 0.6) is 0 Å². The summed E-state index contributed by atoms with van der Waals surface area (Å²) >= 11 is 0. The smallest absolute Gasteiger partial charge is 0.376 e. The van der Waals surface area contributed by atoms with E-state index < -0.39 is 5.97 Å². The highest BCUT2D eigenvalue weighted by molar-refractivity contribution is 5.85. The fourth-order valence-electron chi connectivity index (χ4n) is 1.54. The van der Waals surface area contributed by atoms with Gasteiger partial charge in [-0.05, 0) is 19.3 Å². The van der Waals surface area contributed by atoms with E-state index in [1.54, 1.807) is 0 Å². The van der Waals surface area contributed by atoms with Crippen LogP contribution < -0.4 is 5.32 Å². The maximum Gasteiger partial charge on any atom is 0.376 e. The molecule has 1 fully saturated rings. The quantitative estimate of drug-likeness (QED) is 0.781. The van der Waals surface area contributed by atoms with Gasteiger partial charge in [-0.15, -0.1) is 0 Å². The highest BCUT2D eigenvalue weighted by Gasteiger charge is 2.32. The summed E-state index contributed by atoms with van der Waals surface area (Å²) in [5.74, 6) is 0.980. The maximum absolute atomic E-state index is 11.3. The van der Waals surface area contributed by atoms with E-state index in [1.807, 2.05) is 13.0 Å². The van der Waals surface area contributed by atoms with Crippen LogP contribution in [0, 0.1) is 12.8 Å². The fourth-order valence-corrected chi connectivity index (χ4v) is 1.54. The lowest BCUT2D eigenvalue weighted by Gasteiger charge is -2.06. The molecule has 0 spiro atoms. The summed E-state index contributed by atoms with van der Waals surface area (Å²) in [5, 5.41) is 3.27. The van der Waals surface area contributed by atoms with Crippen LogP contribution in [0.4, 0.5) is 5.82 Å². The topological polar surface area (TPSA) is 64.1 Å². The molecule has 1 aliphatic carbocycles. The van der Waals surface area contributed by atoms with Gasteiger partial charge in [-0.1, -0.05) is 6.92 Å². The summed E-state index contributed by atoms with van der Waals surface area (Å²) in [6.07, 6.45) is 1.15. The van der Waals surface area contributed by atoms with E-state index in [2.05, 4.69) is 26.9 Å². The SMILES string of the molecule is COC(=O)c1nc(C)cc(NC2CC2C)n1. The van der Waals surface area contributed by atoms with E-state index in [0.717, 1.165) is 12.1 Å². The zero-order valence-electron chi connectivity index (χ0n) is 9.65. The number of hydrogen-bond donors (Lipinski definition) is 1. The minimum atomic E-state index is -0.504. The molecule has 0 aliphatic heterocycles. The van der Waals surface area contributed by atoms with Crippen LogP contribution >= 0.6 is 0 Å². The van der Waals surface area contributed by atoms with Gasteiger partial charge in [-0.3, -0.25) is 0 Å². The predicted molar refractivity (Wildman–Crippen MR) is 59.3 cm³/mol. The molecule has 1 aromatic rings.